The van der Waals surface area contributed by atoms with Gasteiger partial charge in [-0.05, 0) is 24.6 Å². The molecule has 0 saturated heterocycles. The van der Waals surface area contributed by atoms with Crippen molar-refractivity contribution >= 4 is 29.9 Å². The van der Waals surface area contributed by atoms with Crippen LogP contribution in [-0.4, -0.2) is 40.9 Å². The van der Waals surface area contributed by atoms with Crippen molar-refractivity contribution in [2.75, 3.05) is 20.2 Å². The number of aliphatic imine (C=N–C) groups is 1. The molecule has 0 aliphatic carbocycles. The Balaban J connectivity index is 0.00000420. The molecule has 2 N–H and O–H groups in total. The van der Waals surface area contributed by atoms with E-state index in [9.17, 15) is 13.2 Å². The van der Waals surface area contributed by atoms with E-state index < -0.39 is 11.7 Å². The van der Waals surface area contributed by atoms with Crippen LogP contribution in [0, 0.1) is 0 Å². The predicted molar refractivity (Wildman–Crippen MR) is 116 cm³/mol. The molecular formula is C18H26F3IN6O. The van der Waals surface area contributed by atoms with Crippen molar-refractivity contribution in [3.8, 4) is 5.75 Å². The highest BCUT2D eigenvalue weighted by atomic mass is 127. The van der Waals surface area contributed by atoms with Crippen LogP contribution >= 0.6 is 24.0 Å². The van der Waals surface area contributed by atoms with Crippen LogP contribution in [0.4, 0.5) is 13.2 Å². The lowest BCUT2D eigenvalue weighted by atomic mass is 10.1. The SMILES string of the molecule is CCNC(=NCc1ccc(OC)cc1C(F)(F)F)NCCn1cnnc1CC.I. The van der Waals surface area contributed by atoms with Crippen LogP contribution in [0.3, 0.4) is 0 Å². The Bertz CT molecular complexity index is 794. The summed E-state index contributed by atoms with van der Waals surface area (Å²) in [5.41, 5.74) is -0.666. The topological polar surface area (TPSA) is 76.4 Å². The Morgan fingerprint density at radius 2 is 2.00 bits per heavy atom. The lowest BCUT2D eigenvalue weighted by molar-refractivity contribution is -0.138. The molecule has 0 bridgehead atoms. The molecule has 0 amide bonds. The molecule has 1 aromatic heterocycles. The summed E-state index contributed by atoms with van der Waals surface area (Å²) in [6, 6.07) is 3.88. The minimum absolute atomic E-state index is 0. The van der Waals surface area contributed by atoms with Gasteiger partial charge in [-0.25, -0.2) is 4.99 Å². The molecule has 2 aromatic rings. The Kier molecular flexibility index (Phi) is 10.2. The van der Waals surface area contributed by atoms with E-state index in [1.165, 1.54) is 19.2 Å². The first kappa shape index (κ1) is 25.0. The van der Waals surface area contributed by atoms with Gasteiger partial charge >= 0.3 is 6.18 Å². The van der Waals surface area contributed by atoms with E-state index in [0.29, 0.717) is 25.6 Å². The van der Waals surface area contributed by atoms with Crippen molar-refractivity contribution in [2.24, 2.45) is 4.99 Å². The molecule has 7 nitrogen and oxygen atoms in total. The Morgan fingerprint density at radius 1 is 1.24 bits per heavy atom. The number of aromatic nitrogens is 3. The van der Waals surface area contributed by atoms with E-state index in [4.69, 9.17) is 4.74 Å². The second-order valence-corrected chi connectivity index (χ2v) is 5.94. The normalized spacial score (nSPS) is 11.7. The zero-order valence-electron chi connectivity index (χ0n) is 16.6. The maximum atomic E-state index is 13.3. The molecule has 0 unspecified atom stereocenters. The standard InChI is InChI=1S/C18H25F3N6O.HI/c1-4-16-26-25-12-27(16)9-8-23-17(22-5-2)24-11-13-6-7-14(28-3)10-15(13)18(19,20)21;/h6-7,10,12H,4-5,8-9,11H2,1-3H3,(H2,22,23,24);1H. The fraction of sp³-hybridized carbons (Fsp3) is 0.500. The van der Waals surface area contributed by atoms with Crippen LogP contribution in [0.2, 0.25) is 0 Å². The van der Waals surface area contributed by atoms with Crippen molar-refractivity contribution in [2.45, 2.75) is 39.5 Å². The molecule has 1 aromatic carbocycles. The molecule has 0 spiro atoms. The molecule has 0 aliphatic rings. The van der Waals surface area contributed by atoms with E-state index in [2.05, 4.69) is 25.8 Å². The summed E-state index contributed by atoms with van der Waals surface area (Å²) in [7, 11) is 1.33. The second-order valence-electron chi connectivity index (χ2n) is 5.94. The summed E-state index contributed by atoms with van der Waals surface area (Å²) in [6.07, 6.45) is -2.06. The number of alkyl halides is 3. The predicted octanol–water partition coefficient (Wildman–Crippen LogP) is 3.24. The van der Waals surface area contributed by atoms with E-state index >= 15 is 0 Å². The lowest BCUT2D eigenvalue weighted by Crippen LogP contribution is -2.39. The number of methoxy groups -OCH3 is 1. The quantitative estimate of drug-likeness (QED) is 0.314. The molecule has 0 fully saturated rings. The summed E-state index contributed by atoms with van der Waals surface area (Å²) >= 11 is 0. The summed E-state index contributed by atoms with van der Waals surface area (Å²) in [6.45, 7) is 5.52. The molecule has 162 valence electrons. The van der Waals surface area contributed by atoms with Crippen LogP contribution in [0.25, 0.3) is 0 Å². The third kappa shape index (κ3) is 7.37. The molecule has 29 heavy (non-hydrogen) atoms. The number of ether oxygens (including phenoxy) is 1. The largest absolute Gasteiger partial charge is 0.497 e. The van der Waals surface area contributed by atoms with Crippen molar-refractivity contribution in [1.29, 1.82) is 0 Å². The van der Waals surface area contributed by atoms with Crippen molar-refractivity contribution in [3.63, 3.8) is 0 Å². The monoisotopic (exact) mass is 526 g/mol. The lowest BCUT2D eigenvalue weighted by Gasteiger charge is -2.15. The van der Waals surface area contributed by atoms with Gasteiger partial charge < -0.3 is 19.9 Å². The summed E-state index contributed by atoms with van der Waals surface area (Å²) < 4.78 is 46.8. The average Bonchev–Trinajstić information content (AvgIpc) is 3.12. The number of aryl methyl sites for hydroxylation is 1. The first-order valence-electron chi connectivity index (χ1n) is 9.02. The molecular weight excluding hydrogens is 500 g/mol. The van der Waals surface area contributed by atoms with Gasteiger partial charge in [0.25, 0.3) is 0 Å². The summed E-state index contributed by atoms with van der Waals surface area (Å²) in [5, 5.41) is 14.0. The highest BCUT2D eigenvalue weighted by Gasteiger charge is 2.33. The third-order valence-electron chi connectivity index (χ3n) is 4.03. The minimum atomic E-state index is -4.48. The van der Waals surface area contributed by atoms with Gasteiger partial charge in [-0.2, -0.15) is 13.2 Å². The first-order chi connectivity index (χ1) is 13.4. The number of nitrogens with one attached hydrogen (secondary N) is 2. The molecule has 0 aliphatic heterocycles. The summed E-state index contributed by atoms with van der Waals surface area (Å²) in [5.74, 6) is 1.47. The van der Waals surface area contributed by atoms with Gasteiger partial charge in [-0.15, -0.1) is 34.2 Å². The number of benzene rings is 1. The number of hydrogen-bond donors (Lipinski definition) is 2. The van der Waals surface area contributed by atoms with Crippen LogP contribution in [-0.2, 0) is 25.7 Å². The third-order valence-corrected chi connectivity index (χ3v) is 4.03. The first-order valence-corrected chi connectivity index (χ1v) is 9.02. The van der Waals surface area contributed by atoms with Crippen LogP contribution < -0.4 is 15.4 Å². The minimum Gasteiger partial charge on any atom is -0.497 e. The summed E-state index contributed by atoms with van der Waals surface area (Å²) in [4.78, 5) is 4.29. The molecule has 2 rings (SSSR count). The van der Waals surface area contributed by atoms with Gasteiger partial charge in [-0.3, -0.25) is 0 Å². The van der Waals surface area contributed by atoms with Crippen molar-refractivity contribution in [3.05, 3.63) is 41.5 Å². The second kappa shape index (κ2) is 11.8. The number of nitrogens with zero attached hydrogens (tertiary/aromatic N) is 4. The van der Waals surface area contributed by atoms with Crippen LogP contribution in [0.5, 0.6) is 5.75 Å². The van der Waals surface area contributed by atoms with Crippen LogP contribution in [0.1, 0.15) is 30.8 Å². The van der Waals surface area contributed by atoms with Gasteiger partial charge in [-0.1, -0.05) is 13.0 Å². The number of rotatable bonds is 8. The molecule has 1 heterocycles. The van der Waals surface area contributed by atoms with E-state index in [-0.39, 0.29) is 41.8 Å². The van der Waals surface area contributed by atoms with Crippen molar-refractivity contribution in [1.82, 2.24) is 25.4 Å². The maximum absolute atomic E-state index is 13.3. The van der Waals surface area contributed by atoms with Gasteiger partial charge in [0.1, 0.15) is 17.9 Å². The number of hydrogen-bond acceptors (Lipinski definition) is 4. The van der Waals surface area contributed by atoms with E-state index in [0.717, 1.165) is 18.3 Å². The highest BCUT2D eigenvalue weighted by Crippen LogP contribution is 2.34. The van der Waals surface area contributed by atoms with E-state index in [1.54, 1.807) is 6.33 Å². The van der Waals surface area contributed by atoms with Crippen LogP contribution in [0.15, 0.2) is 29.5 Å². The van der Waals surface area contributed by atoms with Gasteiger partial charge in [0, 0.05) is 26.1 Å². The maximum Gasteiger partial charge on any atom is 0.416 e. The molecule has 0 atom stereocenters. The smallest absolute Gasteiger partial charge is 0.416 e. The Morgan fingerprint density at radius 3 is 2.62 bits per heavy atom. The fourth-order valence-electron chi connectivity index (χ4n) is 2.62. The number of guanidine groups is 1. The number of halogens is 4. The molecule has 11 heteroatoms. The Hall–Kier alpha value is -2.05. The van der Waals surface area contributed by atoms with Gasteiger partial charge in [0.05, 0.1) is 19.2 Å². The Labute approximate surface area is 185 Å². The zero-order valence-corrected chi connectivity index (χ0v) is 18.9. The van der Waals surface area contributed by atoms with E-state index in [1.807, 2.05) is 18.4 Å². The zero-order chi connectivity index (χ0) is 20.6. The molecule has 0 radical (unpaired) electrons. The molecule has 0 saturated carbocycles. The average molecular weight is 526 g/mol. The van der Waals surface area contributed by atoms with Gasteiger partial charge in [0.15, 0.2) is 5.96 Å². The highest BCUT2D eigenvalue weighted by molar-refractivity contribution is 14.0. The van der Waals surface area contributed by atoms with Gasteiger partial charge in [0.2, 0.25) is 0 Å². The van der Waals surface area contributed by atoms with Crippen molar-refractivity contribution < 1.29 is 17.9 Å². The fourth-order valence-corrected chi connectivity index (χ4v) is 2.62.